The van der Waals surface area contributed by atoms with E-state index in [9.17, 15) is 0 Å². The van der Waals surface area contributed by atoms with Crippen molar-refractivity contribution >= 4 is 28.1 Å². The minimum atomic E-state index is 0.270. The third kappa shape index (κ3) is 2.12. The van der Waals surface area contributed by atoms with Gasteiger partial charge >= 0.3 is 0 Å². The summed E-state index contributed by atoms with van der Waals surface area (Å²) in [5.41, 5.74) is 7.34. The highest BCUT2D eigenvalue weighted by molar-refractivity contribution is 6.20. The summed E-state index contributed by atoms with van der Waals surface area (Å²) in [5, 5.41) is 2.68. The van der Waals surface area contributed by atoms with E-state index in [4.69, 9.17) is 9.98 Å². The van der Waals surface area contributed by atoms with Crippen molar-refractivity contribution in [3.05, 3.63) is 65.4 Å². The van der Waals surface area contributed by atoms with E-state index in [-0.39, 0.29) is 6.04 Å². The lowest BCUT2D eigenvalue weighted by Gasteiger charge is -2.42. The van der Waals surface area contributed by atoms with Gasteiger partial charge in [-0.05, 0) is 57.0 Å². The Morgan fingerprint density at radius 3 is 2.27 bits per heavy atom. The number of aliphatic imine (C=N–C) groups is 2. The fourth-order valence-corrected chi connectivity index (χ4v) is 6.39. The lowest BCUT2D eigenvalue weighted by atomic mass is 9.82. The number of allylic oxidation sites excluding steroid dienone is 1. The SMILES string of the molecule is C=C(C)N1C(C)=NC2CC3N=C4c5ccc(C)c6c(C)ccc(c56)C(=C)N4C3CC21. The number of amidine groups is 2. The van der Waals surface area contributed by atoms with E-state index in [1.54, 1.807) is 0 Å². The molecule has 4 unspecified atom stereocenters. The number of hydrogen-bond acceptors (Lipinski definition) is 4. The second-order valence-electron chi connectivity index (χ2n) is 9.40. The largest absolute Gasteiger partial charge is 0.330 e. The van der Waals surface area contributed by atoms with Crippen molar-refractivity contribution in [2.24, 2.45) is 9.98 Å². The molecule has 3 heterocycles. The Morgan fingerprint density at radius 2 is 1.57 bits per heavy atom. The number of aryl methyl sites for hydroxylation is 2. The van der Waals surface area contributed by atoms with Gasteiger partial charge in [0.15, 0.2) is 0 Å². The Hall–Kier alpha value is -2.88. The van der Waals surface area contributed by atoms with Gasteiger partial charge in [0, 0.05) is 27.9 Å². The van der Waals surface area contributed by atoms with Crippen molar-refractivity contribution in [3.8, 4) is 0 Å². The van der Waals surface area contributed by atoms with Gasteiger partial charge in [0.25, 0.3) is 0 Å². The first-order valence-corrected chi connectivity index (χ1v) is 11.0. The third-order valence-electron chi connectivity index (χ3n) is 7.57. The first-order chi connectivity index (χ1) is 14.4. The molecule has 6 rings (SSSR count). The summed E-state index contributed by atoms with van der Waals surface area (Å²) in [6.45, 7) is 17.4. The van der Waals surface area contributed by atoms with Crippen LogP contribution >= 0.6 is 0 Å². The highest BCUT2D eigenvalue weighted by atomic mass is 15.3. The molecular formula is C26H28N4. The van der Waals surface area contributed by atoms with E-state index < -0.39 is 0 Å². The normalized spacial score (nSPS) is 28.9. The average molecular weight is 397 g/mol. The Morgan fingerprint density at radius 1 is 0.900 bits per heavy atom. The number of rotatable bonds is 1. The number of fused-ring (bicyclic) bond motifs is 5. The molecule has 0 radical (unpaired) electrons. The van der Waals surface area contributed by atoms with Crippen LogP contribution in [-0.4, -0.2) is 45.6 Å². The van der Waals surface area contributed by atoms with Crippen molar-refractivity contribution in [1.82, 2.24) is 9.80 Å². The summed E-state index contributed by atoms with van der Waals surface area (Å²) < 4.78 is 0. The Bertz CT molecular complexity index is 1210. The van der Waals surface area contributed by atoms with E-state index in [1.807, 2.05) is 0 Å². The highest BCUT2D eigenvalue weighted by Gasteiger charge is 2.50. The molecule has 4 aliphatic rings. The van der Waals surface area contributed by atoms with Crippen molar-refractivity contribution in [2.45, 2.75) is 64.7 Å². The van der Waals surface area contributed by atoms with Crippen LogP contribution in [0.3, 0.4) is 0 Å². The summed E-state index contributed by atoms with van der Waals surface area (Å²) in [4.78, 5) is 15.1. The summed E-state index contributed by atoms with van der Waals surface area (Å²) in [6, 6.07) is 10.3. The van der Waals surface area contributed by atoms with Gasteiger partial charge in [0.05, 0.1) is 24.2 Å². The van der Waals surface area contributed by atoms with Crippen molar-refractivity contribution in [1.29, 1.82) is 0 Å². The minimum absolute atomic E-state index is 0.270. The first-order valence-electron chi connectivity index (χ1n) is 11.0. The van der Waals surface area contributed by atoms with Gasteiger partial charge in [0.1, 0.15) is 11.7 Å². The zero-order chi connectivity index (χ0) is 20.9. The molecule has 0 bridgehead atoms. The lowest BCUT2D eigenvalue weighted by Crippen LogP contribution is -2.52. The molecular weight excluding hydrogens is 368 g/mol. The molecule has 2 aromatic rings. The van der Waals surface area contributed by atoms with Gasteiger partial charge in [-0.15, -0.1) is 0 Å². The molecule has 0 amide bonds. The third-order valence-corrected chi connectivity index (χ3v) is 7.57. The Balaban J connectivity index is 1.49. The summed E-state index contributed by atoms with van der Waals surface area (Å²) in [5.74, 6) is 2.21. The second kappa shape index (κ2) is 5.84. The molecule has 1 aliphatic carbocycles. The molecule has 152 valence electrons. The van der Waals surface area contributed by atoms with E-state index in [0.29, 0.717) is 18.1 Å². The molecule has 0 N–H and O–H groups in total. The Labute approximate surface area is 178 Å². The zero-order valence-electron chi connectivity index (χ0n) is 18.2. The number of nitrogens with zero attached hydrogens (tertiary/aromatic N) is 4. The first kappa shape index (κ1) is 17.9. The van der Waals surface area contributed by atoms with Crippen molar-refractivity contribution in [3.63, 3.8) is 0 Å². The van der Waals surface area contributed by atoms with Crippen LogP contribution < -0.4 is 0 Å². The number of benzene rings is 2. The van der Waals surface area contributed by atoms with Crippen molar-refractivity contribution in [2.75, 3.05) is 0 Å². The lowest BCUT2D eigenvalue weighted by molar-refractivity contribution is 0.202. The molecule has 2 aromatic carbocycles. The van der Waals surface area contributed by atoms with Crippen molar-refractivity contribution < 1.29 is 0 Å². The van der Waals surface area contributed by atoms with Crippen LogP contribution in [0.5, 0.6) is 0 Å². The summed E-state index contributed by atoms with van der Waals surface area (Å²) in [6.07, 6.45) is 2.03. The molecule has 4 heteroatoms. The molecule has 1 saturated carbocycles. The van der Waals surface area contributed by atoms with Crippen LogP contribution in [0.1, 0.15) is 48.9 Å². The molecule has 4 atom stereocenters. The second-order valence-corrected chi connectivity index (χ2v) is 9.40. The van der Waals surface area contributed by atoms with Gasteiger partial charge in [-0.25, -0.2) is 0 Å². The predicted molar refractivity (Wildman–Crippen MR) is 125 cm³/mol. The van der Waals surface area contributed by atoms with Crippen LogP contribution in [0.2, 0.25) is 0 Å². The monoisotopic (exact) mass is 396 g/mol. The van der Waals surface area contributed by atoms with E-state index in [1.165, 1.54) is 33.0 Å². The molecule has 0 aromatic heterocycles. The summed E-state index contributed by atoms with van der Waals surface area (Å²) >= 11 is 0. The minimum Gasteiger partial charge on any atom is -0.330 e. The van der Waals surface area contributed by atoms with Crippen LogP contribution in [0, 0.1) is 13.8 Å². The van der Waals surface area contributed by atoms with Gasteiger partial charge < -0.3 is 9.80 Å². The number of hydrogen-bond donors (Lipinski definition) is 0. The van der Waals surface area contributed by atoms with Gasteiger partial charge in [0.2, 0.25) is 0 Å². The molecule has 30 heavy (non-hydrogen) atoms. The van der Waals surface area contributed by atoms with E-state index >= 15 is 0 Å². The fraction of sp³-hybridized carbons (Fsp3) is 0.385. The topological polar surface area (TPSA) is 31.2 Å². The molecule has 0 saturated heterocycles. The molecule has 1 fully saturated rings. The zero-order valence-corrected chi connectivity index (χ0v) is 18.2. The summed E-state index contributed by atoms with van der Waals surface area (Å²) in [7, 11) is 0. The highest BCUT2D eigenvalue weighted by Crippen LogP contribution is 2.47. The maximum atomic E-state index is 5.29. The van der Waals surface area contributed by atoms with Crippen LogP contribution in [0.4, 0.5) is 0 Å². The maximum Gasteiger partial charge on any atom is 0.136 e. The van der Waals surface area contributed by atoms with Crippen LogP contribution in [0.25, 0.3) is 16.5 Å². The van der Waals surface area contributed by atoms with E-state index in [2.05, 4.69) is 74.9 Å². The van der Waals surface area contributed by atoms with E-state index in [0.717, 1.165) is 35.9 Å². The van der Waals surface area contributed by atoms with Gasteiger partial charge in [-0.3, -0.25) is 9.98 Å². The smallest absolute Gasteiger partial charge is 0.136 e. The predicted octanol–water partition coefficient (Wildman–Crippen LogP) is 5.04. The maximum absolute atomic E-state index is 5.29. The quantitative estimate of drug-likeness (QED) is 0.676. The molecule has 4 nitrogen and oxygen atoms in total. The standard InChI is InChI=1S/C26H28N4/c1-13(2)29-17(6)27-20-11-21-23(12-22(20)29)30-16(5)18-9-7-14(3)24-15(4)8-10-19(25(18)24)26(30)28-21/h7-10,20-23H,1,5,11-12H2,2-4,6H3. The van der Waals surface area contributed by atoms with Gasteiger partial charge in [-0.2, -0.15) is 0 Å². The fourth-order valence-electron chi connectivity index (χ4n) is 6.39. The van der Waals surface area contributed by atoms with Gasteiger partial charge in [-0.1, -0.05) is 37.4 Å². The van der Waals surface area contributed by atoms with Crippen LogP contribution in [0.15, 0.2) is 53.1 Å². The Kier molecular flexibility index (Phi) is 3.49. The average Bonchev–Trinajstić information content (AvgIpc) is 3.21. The molecule has 3 aliphatic heterocycles. The van der Waals surface area contributed by atoms with Crippen LogP contribution in [-0.2, 0) is 0 Å². The molecule has 0 spiro atoms.